The molecule has 0 aliphatic carbocycles. The molecule has 1 unspecified atom stereocenters. The minimum Gasteiger partial charge on any atom is -0.204 e. The Kier molecular flexibility index (Phi) is 4.69. The summed E-state index contributed by atoms with van der Waals surface area (Å²) >= 11 is 7.11. The van der Waals surface area contributed by atoms with Gasteiger partial charge >= 0.3 is 0 Å². The van der Waals surface area contributed by atoms with Gasteiger partial charge in [0.05, 0.1) is 0 Å². The highest BCUT2D eigenvalue weighted by atomic mass is 35.5. The van der Waals surface area contributed by atoms with Crippen LogP contribution in [0.25, 0.3) is 0 Å². The largest absolute Gasteiger partial charge is 0.204 e. The highest BCUT2D eigenvalue weighted by molar-refractivity contribution is 7.99. The minimum atomic E-state index is -0.790. The minimum absolute atomic E-state index is 0.249. The topological polar surface area (TPSA) is 0 Å². The van der Waals surface area contributed by atoms with E-state index >= 15 is 0 Å². The van der Waals surface area contributed by atoms with Crippen molar-refractivity contribution in [3.63, 3.8) is 0 Å². The second kappa shape index (κ2) is 5.56. The Labute approximate surface area is 91.6 Å². The van der Waals surface area contributed by atoms with Crippen molar-refractivity contribution in [1.82, 2.24) is 0 Å². The number of benzene rings is 1. The molecule has 1 aromatic carbocycles. The Morgan fingerprint density at radius 2 is 2.14 bits per heavy atom. The van der Waals surface area contributed by atoms with Gasteiger partial charge < -0.3 is 0 Å². The summed E-state index contributed by atoms with van der Waals surface area (Å²) in [4.78, 5) is 0. The Balaban J connectivity index is 2.63. The fourth-order valence-corrected chi connectivity index (χ4v) is 1.98. The van der Waals surface area contributed by atoms with Crippen molar-refractivity contribution >= 4 is 23.4 Å². The number of hydrogen-bond acceptors (Lipinski definition) is 1. The van der Waals surface area contributed by atoms with Crippen molar-refractivity contribution in [1.29, 1.82) is 0 Å². The van der Waals surface area contributed by atoms with Crippen LogP contribution in [-0.2, 0) is 5.75 Å². The van der Waals surface area contributed by atoms with Gasteiger partial charge in [0.2, 0.25) is 0 Å². The second-order valence-electron chi connectivity index (χ2n) is 2.99. The third kappa shape index (κ3) is 3.14. The first-order valence-corrected chi connectivity index (χ1v) is 5.84. The highest BCUT2D eigenvalue weighted by Gasteiger charge is 2.08. The van der Waals surface area contributed by atoms with E-state index < -0.39 is 11.6 Å². The molecule has 0 aliphatic rings. The summed E-state index contributed by atoms with van der Waals surface area (Å²) < 4.78 is 25.9. The van der Waals surface area contributed by atoms with Crippen LogP contribution in [-0.4, -0.2) is 11.1 Å². The molecule has 4 heteroatoms. The number of halogens is 3. The standard InChI is InChI=1S/C10H11ClF2S/c1-7(5-11)14-6-8-3-2-4-9(12)10(8)13/h2-4,7H,5-6H2,1H3. The molecule has 0 saturated heterocycles. The summed E-state index contributed by atoms with van der Waals surface area (Å²) in [5, 5.41) is 0.249. The fourth-order valence-electron chi connectivity index (χ4n) is 0.937. The lowest BCUT2D eigenvalue weighted by molar-refractivity contribution is 0.502. The van der Waals surface area contributed by atoms with Crippen LogP contribution in [0.2, 0.25) is 0 Å². The van der Waals surface area contributed by atoms with E-state index in [0.29, 0.717) is 17.2 Å². The third-order valence-electron chi connectivity index (χ3n) is 1.77. The van der Waals surface area contributed by atoms with Crippen molar-refractivity contribution in [2.45, 2.75) is 17.9 Å². The molecule has 0 fully saturated rings. The number of hydrogen-bond donors (Lipinski definition) is 0. The van der Waals surface area contributed by atoms with Crippen LogP contribution in [0.3, 0.4) is 0 Å². The van der Waals surface area contributed by atoms with Crippen LogP contribution < -0.4 is 0 Å². The van der Waals surface area contributed by atoms with Crippen LogP contribution in [0.4, 0.5) is 8.78 Å². The van der Waals surface area contributed by atoms with Crippen molar-refractivity contribution in [3.8, 4) is 0 Å². The van der Waals surface area contributed by atoms with Crippen molar-refractivity contribution in [2.24, 2.45) is 0 Å². The molecule has 0 bridgehead atoms. The summed E-state index contributed by atoms with van der Waals surface area (Å²) in [5.41, 5.74) is 0.395. The number of alkyl halides is 1. The molecule has 0 N–H and O–H groups in total. The lowest BCUT2D eigenvalue weighted by atomic mass is 10.2. The van der Waals surface area contributed by atoms with E-state index in [1.807, 2.05) is 6.92 Å². The monoisotopic (exact) mass is 236 g/mol. The molecule has 0 aromatic heterocycles. The molecule has 78 valence electrons. The zero-order valence-electron chi connectivity index (χ0n) is 7.77. The normalized spacial score (nSPS) is 12.9. The maximum Gasteiger partial charge on any atom is 0.162 e. The second-order valence-corrected chi connectivity index (χ2v) is 4.72. The molecule has 1 atom stereocenters. The molecule has 1 rings (SSSR count). The van der Waals surface area contributed by atoms with Crippen LogP contribution >= 0.6 is 23.4 Å². The van der Waals surface area contributed by atoms with E-state index in [4.69, 9.17) is 11.6 Å². The van der Waals surface area contributed by atoms with Gasteiger partial charge in [-0.25, -0.2) is 8.78 Å². The molecular formula is C10H11ClF2S. The fraction of sp³-hybridized carbons (Fsp3) is 0.400. The van der Waals surface area contributed by atoms with Gasteiger partial charge in [-0.05, 0) is 6.07 Å². The van der Waals surface area contributed by atoms with Crippen LogP contribution in [0.1, 0.15) is 12.5 Å². The van der Waals surface area contributed by atoms with Gasteiger partial charge in [0.1, 0.15) is 0 Å². The third-order valence-corrected chi connectivity index (χ3v) is 3.63. The Bertz CT molecular complexity index is 304. The Morgan fingerprint density at radius 1 is 1.43 bits per heavy atom. The van der Waals surface area contributed by atoms with Gasteiger partial charge in [-0.2, -0.15) is 11.8 Å². The first-order chi connectivity index (χ1) is 6.65. The lowest BCUT2D eigenvalue weighted by Crippen LogP contribution is -1.99. The van der Waals surface area contributed by atoms with Crippen LogP contribution in [0, 0.1) is 11.6 Å². The average Bonchev–Trinajstić information content (AvgIpc) is 2.20. The zero-order chi connectivity index (χ0) is 10.6. The molecule has 14 heavy (non-hydrogen) atoms. The number of rotatable bonds is 4. The SMILES string of the molecule is CC(CCl)SCc1cccc(F)c1F. The Morgan fingerprint density at radius 3 is 2.79 bits per heavy atom. The van der Waals surface area contributed by atoms with E-state index in [0.717, 1.165) is 6.07 Å². The van der Waals surface area contributed by atoms with E-state index in [1.165, 1.54) is 17.8 Å². The molecule has 0 saturated carbocycles. The highest BCUT2D eigenvalue weighted by Crippen LogP contribution is 2.21. The van der Waals surface area contributed by atoms with Crippen molar-refractivity contribution < 1.29 is 8.78 Å². The smallest absolute Gasteiger partial charge is 0.162 e. The average molecular weight is 237 g/mol. The van der Waals surface area contributed by atoms with E-state index in [-0.39, 0.29) is 5.25 Å². The van der Waals surface area contributed by atoms with Crippen molar-refractivity contribution in [2.75, 3.05) is 5.88 Å². The lowest BCUT2D eigenvalue weighted by Gasteiger charge is -2.07. The predicted octanol–water partition coefficient (Wildman–Crippen LogP) is 3.83. The molecule has 0 heterocycles. The van der Waals surface area contributed by atoms with Crippen LogP contribution in [0.15, 0.2) is 18.2 Å². The maximum absolute atomic E-state index is 13.1. The number of thioether (sulfide) groups is 1. The predicted molar refractivity (Wildman–Crippen MR) is 57.8 cm³/mol. The van der Waals surface area contributed by atoms with Gasteiger partial charge in [0.25, 0.3) is 0 Å². The van der Waals surface area contributed by atoms with Gasteiger partial charge in [0, 0.05) is 22.4 Å². The first kappa shape index (κ1) is 11.8. The van der Waals surface area contributed by atoms with Crippen molar-refractivity contribution in [3.05, 3.63) is 35.4 Å². The molecule has 0 radical (unpaired) electrons. The summed E-state index contributed by atoms with van der Waals surface area (Å²) in [5.74, 6) is -0.567. The summed E-state index contributed by atoms with van der Waals surface area (Å²) in [7, 11) is 0. The van der Waals surface area contributed by atoms with Gasteiger partial charge in [-0.1, -0.05) is 19.1 Å². The quantitative estimate of drug-likeness (QED) is 0.716. The molecule has 1 aromatic rings. The molecule has 0 spiro atoms. The summed E-state index contributed by atoms with van der Waals surface area (Å²) in [6.45, 7) is 1.95. The molecule has 0 amide bonds. The summed E-state index contributed by atoms with van der Waals surface area (Å²) in [6.07, 6.45) is 0. The molecule has 0 aliphatic heterocycles. The maximum atomic E-state index is 13.1. The Hall–Kier alpha value is -0.280. The van der Waals surface area contributed by atoms with Gasteiger partial charge in [-0.3, -0.25) is 0 Å². The molecular weight excluding hydrogens is 226 g/mol. The first-order valence-electron chi connectivity index (χ1n) is 4.25. The van der Waals surface area contributed by atoms with Crippen LogP contribution in [0.5, 0.6) is 0 Å². The summed E-state index contributed by atoms with van der Waals surface area (Å²) in [6, 6.07) is 4.22. The molecule has 0 nitrogen and oxygen atoms in total. The van der Waals surface area contributed by atoms with E-state index in [9.17, 15) is 8.78 Å². The zero-order valence-corrected chi connectivity index (χ0v) is 9.34. The van der Waals surface area contributed by atoms with Gasteiger partial charge in [-0.15, -0.1) is 11.6 Å². The van der Waals surface area contributed by atoms with Gasteiger partial charge in [0.15, 0.2) is 11.6 Å². The van der Waals surface area contributed by atoms with E-state index in [1.54, 1.807) is 6.07 Å². The van der Waals surface area contributed by atoms with E-state index in [2.05, 4.69) is 0 Å².